The number of rotatable bonds is 80. The Hall–Kier alpha value is -1.94. The molecule has 0 rings (SSSR count). The van der Waals surface area contributed by atoms with E-state index < -0.39 is 97.5 Å². The van der Waals surface area contributed by atoms with Gasteiger partial charge in [-0.15, -0.1) is 0 Å². The van der Waals surface area contributed by atoms with E-state index in [9.17, 15) is 43.2 Å². The number of ether oxygens (including phenoxy) is 4. The summed E-state index contributed by atoms with van der Waals surface area (Å²) in [5.74, 6) is 0.988. The zero-order valence-electron chi connectivity index (χ0n) is 67.2. The third-order valence-corrected chi connectivity index (χ3v) is 21.2. The highest BCUT2D eigenvalue weighted by molar-refractivity contribution is 7.47. The summed E-state index contributed by atoms with van der Waals surface area (Å²) >= 11 is 0. The van der Waals surface area contributed by atoms with Crippen LogP contribution in [0.2, 0.25) is 0 Å². The topological polar surface area (TPSA) is 237 Å². The molecule has 0 spiro atoms. The molecule has 3 N–H and O–H groups in total. The second kappa shape index (κ2) is 72.0. The van der Waals surface area contributed by atoms with Crippen molar-refractivity contribution in [2.75, 3.05) is 39.6 Å². The van der Waals surface area contributed by atoms with Gasteiger partial charge in [0.1, 0.15) is 19.3 Å². The first-order chi connectivity index (χ1) is 49.1. The quantitative estimate of drug-likeness (QED) is 0.0222. The number of aliphatic hydroxyl groups excluding tert-OH is 1. The molecule has 5 atom stereocenters. The van der Waals surface area contributed by atoms with Gasteiger partial charge in [-0.1, -0.05) is 376 Å². The fourth-order valence-electron chi connectivity index (χ4n) is 12.8. The highest BCUT2D eigenvalue weighted by atomic mass is 31.2. The number of phosphoric acid groups is 2. The van der Waals surface area contributed by atoms with Crippen LogP contribution in [0, 0.1) is 23.7 Å². The zero-order chi connectivity index (χ0) is 75.3. The molecule has 0 aliphatic rings. The van der Waals surface area contributed by atoms with Crippen LogP contribution in [0.5, 0.6) is 0 Å². The molecule has 17 nitrogen and oxygen atoms in total. The Morgan fingerprint density at radius 1 is 0.245 bits per heavy atom. The van der Waals surface area contributed by atoms with Gasteiger partial charge in [0.2, 0.25) is 0 Å². The Balaban J connectivity index is 5.24. The third kappa shape index (κ3) is 76.3. The number of hydrogen-bond acceptors (Lipinski definition) is 15. The molecule has 0 fully saturated rings. The smallest absolute Gasteiger partial charge is 0.462 e. The lowest BCUT2D eigenvalue weighted by atomic mass is 10.0. The fourth-order valence-corrected chi connectivity index (χ4v) is 14.4. The van der Waals surface area contributed by atoms with E-state index >= 15 is 0 Å². The Morgan fingerprint density at radius 3 is 0.608 bits per heavy atom. The summed E-state index contributed by atoms with van der Waals surface area (Å²) in [5.41, 5.74) is 0. The summed E-state index contributed by atoms with van der Waals surface area (Å²) < 4.78 is 68.8. The second-order valence-corrected chi connectivity index (χ2v) is 34.7. The summed E-state index contributed by atoms with van der Waals surface area (Å²) in [6.07, 6.45) is 59.7. The van der Waals surface area contributed by atoms with E-state index in [1.165, 1.54) is 225 Å². The molecule has 19 heteroatoms. The summed E-state index contributed by atoms with van der Waals surface area (Å²) in [5, 5.41) is 10.7. The Labute approximate surface area is 626 Å². The Morgan fingerprint density at radius 2 is 0.412 bits per heavy atom. The molecule has 0 aromatic rings. The van der Waals surface area contributed by atoms with Gasteiger partial charge in [-0.3, -0.25) is 37.3 Å². The number of hydrogen-bond donors (Lipinski definition) is 3. The van der Waals surface area contributed by atoms with Gasteiger partial charge in [0, 0.05) is 25.7 Å². The lowest BCUT2D eigenvalue weighted by Gasteiger charge is -2.21. The van der Waals surface area contributed by atoms with Gasteiger partial charge in [-0.2, -0.15) is 0 Å². The van der Waals surface area contributed by atoms with Crippen molar-refractivity contribution in [2.45, 2.75) is 446 Å². The molecule has 0 heterocycles. The largest absolute Gasteiger partial charge is 0.472 e. The van der Waals surface area contributed by atoms with E-state index in [0.717, 1.165) is 114 Å². The minimum Gasteiger partial charge on any atom is -0.462 e. The van der Waals surface area contributed by atoms with E-state index in [4.69, 9.17) is 37.0 Å². The molecule has 0 aliphatic carbocycles. The fraction of sp³-hybridized carbons (Fsp3) is 0.952. The van der Waals surface area contributed by atoms with Crippen LogP contribution in [0.4, 0.5) is 0 Å². The summed E-state index contributed by atoms with van der Waals surface area (Å²) in [4.78, 5) is 73.1. The molecule has 0 aromatic carbocycles. The van der Waals surface area contributed by atoms with Crippen molar-refractivity contribution in [3.8, 4) is 0 Å². The highest BCUT2D eigenvalue weighted by Gasteiger charge is 2.30. The maximum Gasteiger partial charge on any atom is 0.472 e. The SMILES string of the molecule is CC(C)CCCCCCCCCCCCCCCCCCC(=O)O[C@H](COC(=O)CCCCCCCCCCCCCCCCC(C)C)COP(=O)(O)OCC(O)COP(=O)(O)OC[C@@H](COC(=O)CCCCCCCCCC(C)C)OC(=O)CCCCCCCCCCCCCCCC(C)C. The van der Waals surface area contributed by atoms with Crippen LogP contribution in [-0.4, -0.2) is 96.7 Å². The van der Waals surface area contributed by atoms with Crippen LogP contribution >= 0.6 is 15.6 Å². The van der Waals surface area contributed by atoms with Gasteiger partial charge in [-0.25, -0.2) is 9.13 Å². The van der Waals surface area contributed by atoms with Gasteiger partial charge in [-0.05, 0) is 49.4 Å². The van der Waals surface area contributed by atoms with Crippen molar-refractivity contribution >= 4 is 39.5 Å². The van der Waals surface area contributed by atoms with Crippen LogP contribution in [0.3, 0.4) is 0 Å². The van der Waals surface area contributed by atoms with Crippen LogP contribution in [0.25, 0.3) is 0 Å². The van der Waals surface area contributed by atoms with Gasteiger partial charge in [0.05, 0.1) is 26.4 Å². The molecular formula is C83H162O17P2. The molecule has 0 aromatic heterocycles. The molecule has 0 radical (unpaired) electrons. The van der Waals surface area contributed by atoms with E-state index in [0.29, 0.717) is 31.6 Å². The average Bonchev–Trinajstić information content (AvgIpc) is 0.914. The molecular weight excluding hydrogens is 1330 g/mol. The predicted molar refractivity (Wildman–Crippen MR) is 418 cm³/mol. The van der Waals surface area contributed by atoms with Crippen LogP contribution < -0.4 is 0 Å². The van der Waals surface area contributed by atoms with Crippen molar-refractivity contribution < 1.29 is 80.2 Å². The normalized spacial score (nSPS) is 14.0. The van der Waals surface area contributed by atoms with Gasteiger partial charge in [0.15, 0.2) is 12.2 Å². The van der Waals surface area contributed by atoms with Crippen molar-refractivity contribution in [2.24, 2.45) is 23.7 Å². The first kappa shape index (κ1) is 100. The summed E-state index contributed by atoms with van der Waals surface area (Å²) in [6.45, 7) is 14.3. The monoisotopic (exact) mass is 1490 g/mol. The molecule has 102 heavy (non-hydrogen) atoms. The minimum absolute atomic E-state index is 0.106. The number of esters is 4. The first-order valence-corrected chi connectivity index (χ1v) is 45.7. The maximum atomic E-state index is 13.1. The number of carbonyl (C=O) groups excluding carboxylic acids is 4. The van der Waals surface area contributed by atoms with E-state index in [-0.39, 0.29) is 25.7 Å². The number of carbonyl (C=O) groups is 4. The number of phosphoric ester groups is 2. The lowest BCUT2D eigenvalue weighted by Crippen LogP contribution is -2.30. The standard InChI is InChI=1S/C83H162O17P2/c1-73(2)59-51-43-35-28-22-16-11-9-10-12-20-26-32-40-49-57-65-82(87)99-78(69-93-80(85)63-55-47-39-31-25-19-14-13-17-23-29-36-44-52-60-74(3)4)71-97-101(89,90)95-67-77(84)68-96-102(91,92)98-72-79(70-94-81(86)64-56-48-42-34-38-46-54-62-76(7)8)100-83(88)66-58-50-41-33-27-21-15-18-24-30-37-45-53-61-75(5)6/h73-79,84H,9-72H2,1-8H3,(H,89,90)(H,91,92)/t77?,78-,79-/m1/s1. The Kier molecular flexibility index (Phi) is 70.6. The van der Waals surface area contributed by atoms with Crippen molar-refractivity contribution in [3.05, 3.63) is 0 Å². The number of unbranched alkanes of at least 4 members (excludes halogenated alkanes) is 46. The van der Waals surface area contributed by atoms with Gasteiger partial charge in [0.25, 0.3) is 0 Å². The molecule has 0 amide bonds. The Bertz CT molecular complexity index is 1990. The molecule has 0 aliphatic heterocycles. The molecule has 0 saturated carbocycles. The van der Waals surface area contributed by atoms with Crippen molar-refractivity contribution in [1.82, 2.24) is 0 Å². The van der Waals surface area contributed by atoms with Crippen molar-refractivity contribution in [3.63, 3.8) is 0 Å². The summed E-state index contributed by atoms with van der Waals surface area (Å²) in [6, 6.07) is 0. The second-order valence-electron chi connectivity index (χ2n) is 31.8. The lowest BCUT2D eigenvalue weighted by molar-refractivity contribution is -0.161. The van der Waals surface area contributed by atoms with Crippen molar-refractivity contribution in [1.29, 1.82) is 0 Å². The van der Waals surface area contributed by atoms with E-state index in [2.05, 4.69) is 55.4 Å². The third-order valence-electron chi connectivity index (χ3n) is 19.3. The highest BCUT2D eigenvalue weighted by Crippen LogP contribution is 2.45. The first-order valence-electron chi connectivity index (χ1n) is 42.7. The van der Waals surface area contributed by atoms with Crippen LogP contribution in [0.1, 0.15) is 428 Å². The van der Waals surface area contributed by atoms with Gasteiger partial charge >= 0.3 is 39.5 Å². The average molecular weight is 1490 g/mol. The molecule has 606 valence electrons. The minimum atomic E-state index is -4.96. The van der Waals surface area contributed by atoms with E-state index in [1.54, 1.807) is 0 Å². The van der Waals surface area contributed by atoms with Crippen LogP contribution in [-0.2, 0) is 65.4 Å². The molecule has 3 unspecified atom stereocenters. The van der Waals surface area contributed by atoms with E-state index in [1.807, 2.05) is 0 Å². The van der Waals surface area contributed by atoms with Gasteiger partial charge < -0.3 is 33.8 Å². The molecule has 0 saturated heterocycles. The maximum absolute atomic E-state index is 13.1. The number of aliphatic hydroxyl groups is 1. The van der Waals surface area contributed by atoms with Crippen LogP contribution in [0.15, 0.2) is 0 Å². The zero-order valence-corrected chi connectivity index (χ0v) is 69.0. The molecule has 0 bridgehead atoms. The summed E-state index contributed by atoms with van der Waals surface area (Å²) in [7, 11) is -9.93. The predicted octanol–water partition coefficient (Wildman–Crippen LogP) is 24.8.